The summed E-state index contributed by atoms with van der Waals surface area (Å²) < 4.78 is 0. The van der Waals surface area contributed by atoms with Crippen LogP contribution >= 0.6 is 0 Å². The molecular formula is C20H23N3O2. The first kappa shape index (κ1) is 16.0. The Hall–Kier alpha value is -2.53. The second-order valence-corrected chi connectivity index (χ2v) is 6.89. The van der Waals surface area contributed by atoms with E-state index >= 15 is 0 Å². The maximum atomic E-state index is 11.7. The Bertz CT molecular complexity index is 758. The molecule has 2 bridgehead atoms. The van der Waals surface area contributed by atoms with Gasteiger partial charge in [-0.15, -0.1) is 0 Å². The van der Waals surface area contributed by atoms with Gasteiger partial charge in [0.05, 0.1) is 0 Å². The maximum absolute atomic E-state index is 11.7. The molecule has 0 aliphatic carbocycles. The molecule has 4 rings (SSSR count). The van der Waals surface area contributed by atoms with Crippen LogP contribution in [0.1, 0.15) is 22.3 Å². The summed E-state index contributed by atoms with van der Waals surface area (Å²) >= 11 is 0. The molecule has 2 unspecified atom stereocenters. The molecule has 5 heteroatoms. The highest BCUT2D eigenvalue weighted by molar-refractivity contribution is 5.94. The summed E-state index contributed by atoms with van der Waals surface area (Å²) in [4.78, 5) is 16.7. The van der Waals surface area contributed by atoms with Crippen molar-refractivity contribution in [3.8, 4) is 0 Å². The van der Waals surface area contributed by atoms with E-state index in [-0.39, 0.29) is 12.6 Å². The van der Waals surface area contributed by atoms with Crippen molar-refractivity contribution in [3.63, 3.8) is 0 Å². The van der Waals surface area contributed by atoms with Gasteiger partial charge in [0, 0.05) is 42.1 Å². The molecule has 2 aromatic carbocycles. The van der Waals surface area contributed by atoms with Crippen molar-refractivity contribution in [2.45, 2.75) is 25.4 Å². The summed E-state index contributed by atoms with van der Waals surface area (Å²) in [6.07, 6.45) is 1.18. The van der Waals surface area contributed by atoms with Crippen molar-refractivity contribution in [2.75, 3.05) is 29.6 Å². The number of carbonyl (C=O) groups excluding carboxylic acids is 1. The third kappa shape index (κ3) is 2.96. The second-order valence-electron chi connectivity index (χ2n) is 6.89. The van der Waals surface area contributed by atoms with E-state index in [2.05, 4.69) is 46.3 Å². The van der Waals surface area contributed by atoms with Crippen LogP contribution < -0.4 is 15.1 Å². The fourth-order valence-electron chi connectivity index (χ4n) is 4.01. The van der Waals surface area contributed by atoms with Crippen molar-refractivity contribution in [3.05, 3.63) is 59.7 Å². The maximum Gasteiger partial charge on any atom is 0.253 e. The molecule has 0 spiro atoms. The van der Waals surface area contributed by atoms with E-state index in [0.29, 0.717) is 17.6 Å². The van der Waals surface area contributed by atoms with E-state index in [1.54, 1.807) is 0 Å². The van der Waals surface area contributed by atoms with Crippen LogP contribution in [0.3, 0.4) is 0 Å². The summed E-state index contributed by atoms with van der Waals surface area (Å²) in [7, 11) is 0. The number of amides is 1. The van der Waals surface area contributed by atoms with Crippen LogP contribution in [0.15, 0.2) is 48.5 Å². The van der Waals surface area contributed by atoms with Crippen LogP contribution in [-0.2, 0) is 0 Å². The van der Waals surface area contributed by atoms with E-state index in [1.807, 2.05) is 24.3 Å². The SMILES string of the molecule is Cc1ccc(N2CC3CC2CN3c2ccc(C(=O)NCO)cc2)cc1. The molecule has 2 aliphatic rings. The van der Waals surface area contributed by atoms with Gasteiger partial charge < -0.3 is 20.2 Å². The molecule has 5 nitrogen and oxygen atoms in total. The van der Waals surface area contributed by atoms with Gasteiger partial charge in [-0.2, -0.15) is 0 Å². The Kier molecular flexibility index (Phi) is 4.09. The number of nitrogens with one attached hydrogen (secondary N) is 1. The largest absolute Gasteiger partial charge is 0.376 e. The lowest BCUT2D eigenvalue weighted by molar-refractivity contribution is 0.0910. The average Bonchev–Trinajstić information content (AvgIpc) is 3.23. The van der Waals surface area contributed by atoms with Gasteiger partial charge in [-0.1, -0.05) is 17.7 Å². The molecule has 2 atom stereocenters. The lowest BCUT2D eigenvalue weighted by atomic mass is 10.1. The van der Waals surface area contributed by atoms with Gasteiger partial charge in [0.15, 0.2) is 0 Å². The fourth-order valence-corrected chi connectivity index (χ4v) is 4.01. The summed E-state index contributed by atoms with van der Waals surface area (Å²) in [5.41, 5.74) is 4.34. The minimum atomic E-state index is -0.342. The topological polar surface area (TPSA) is 55.8 Å². The number of carbonyl (C=O) groups is 1. The molecule has 1 amide bonds. The molecule has 2 fully saturated rings. The Morgan fingerprint density at radius 1 is 1.00 bits per heavy atom. The number of aryl methyl sites for hydroxylation is 1. The highest BCUT2D eigenvalue weighted by Gasteiger charge is 2.43. The van der Waals surface area contributed by atoms with Crippen molar-refractivity contribution in [1.29, 1.82) is 0 Å². The summed E-state index contributed by atoms with van der Waals surface area (Å²) in [6, 6.07) is 17.5. The number of benzene rings is 2. The van der Waals surface area contributed by atoms with E-state index < -0.39 is 0 Å². The number of aliphatic hydroxyl groups is 1. The van der Waals surface area contributed by atoms with Gasteiger partial charge in [0.25, 0.3) is 5.91 Å². The van der Waals surface area contributed by atoms with E-state index in [9.17, 15) is 4.79 Å². The van der Waals surface area contributed by atoms with E-state index in [4.69, 9.17) is 5.11 Å². The Labute approximate surface area is 147 Å². The summed E-state index contributed by atoms with van der Waals surface area (Å²) in [6.45, 7) is 3.83. The molecule has 2 aromatic rings. The smallest absolute Gasteiger partial charge is 0.253 e. The molecule has 0 aromatic heterocycles. The Morgan fingerprint density at radius 2 is 1.52 bits per heavy atom. The van der Waals surface area contributed by atoms with Gasteiger partial charge in [-0.05, 0) is 49.7 Å². The molecule has 0 radical (unpaired) electrons. The van der Waals surface area contributed by atoms with Crippen molar-refractivity contribution in [1.82, 2.24) is 5.32 Å². The van der Waals surface area contributed by atoms with Gasteiger partial charge >= 0.3 is 0 Å². The van der Waals surface area contributed by atoms with Gasteiger partial charge in [-0.3, -0.25) is 4.79 Å². The van der Waals surface area contributed by atoms with Gasteiger partial charge in [-0.25, -0.2) is 0 Å². The minimum Gasteiger partial charge on any atom is -0.376 e. The number of hydrogen-bond acceptors (Lipinski definition) is 4. The fraction of sp³-hybridized carbons (Fsp3) is 0.350. The Morgan fingerprint density at radius 3 is 2.00 bits per heavy atom. The molecule has 2 heterocycles. The zero-order chi connectivity index (χ0) is 17.4. The molecular weight excluding hydrogens is 314 g/mol. The van der Waals surface area contributed by atoms with Crippen molar-refractivity contribution >= 4 is 17.3 Å². The van der Waals surface area contributed by atoms with Crippen LogP contribution in [-0.4, -0.2) is 42.9 Å². The first-order valence-electron chi connectivity index (χ1n) is 8.75. The number of piperazine rings is 1. The molecule has 130 valence electrons. The van der Waals surface area contributed by atoms with Crippen molar-refractivity contribution < 1.29 is 9.90 Å². The third-order valence-corrected chi connectivity index (χ3v) is 5.31. The van der Waals surface area contributed by atoms with Crippen molar-refractivity contribution in [2.24, 2.45) is 0 Å². The average molecular weight is 337 g/mol. The first-order valence-corrected chi connectivity index (χ1v) is 8.75. The lowest BCUT2D eigenvalue weighted by Gasteiger charge is -2.37. The molecule has 2 N–H and O–H groups in total. The van der Waals surface area contributed by atoms with Crippen LogP contribution in [0.25, 0.3) is 0 Å². The van der Waals surface area contributed by atoms with E-state index in [0.717, 1.165) is 18.8 Å². The molecule has 2 saturated heterocycles. The minimum absolute atomic E-state index is 0.248. The van der Waals surface area contributed by atoms with Crippen LogP contribution in [0.2, 0.25) is 0 Å². The summed E-state index contributed by atoms with van der Waals surface area (Å²) in [5, 5.41) is 11.2. The monoisotopic (exact) mass is 337 g/mol. The number of hydrogen-bond donors (Lipinski definition) is 2. The Balaban J connectivity index is 1.45. The quantitative estimate of drug-likeness (QED) is 0.840. The van der Waals surface area contributed by atoms with Crippen LogP contribution in [0.5, 0.6) is 0 Å². The standard InChI is InChI=1S/C20H23N3O2/c1-14-2-6-16(7-3-14)22-11-19-10-18(22)12-23(19)17-8-4-15(5-9-17)20(25)21-13-24/h2-9,18-19,24H,10-13H2,1H3,(H,21,25). The van der Waals surface area contributed by atoms with E-state index in [1.165, 1.54) is 17.7 Å². The van der Waals surface area contributed by atoms with Gasteiger partial charge in [0.2, 0.25) is 0 Å². The lowest BCUT2D eigenvalue weighted by Crippen LogP contribution is -2.46. The predicted molar refractivity (Wildman–Crippen MR) is 99.1 cm³/mol. The van der Waals surface area contributed by atoms with Crippen LogP contribution in [0, 0.1) is 6.92 Å². The highest BCUT2D eigenvalue weighted by Crippen LogP contribution is 2.37. The molecule has 0 saturated carbocycles. The zero-order valence-electron chi connectivity index (χ0n) is 14.4. The summed E-state index contributed by atoms with van der Waals surface area (Å²) in [5.74, 6) is -0.248. The number of nitrogens with zero attached hydrogens (tertiary/aromatic N) is 2. The molecule has 25 heavy (non-hydrogen) atoms. The number of rotatable bonds is 4. The number of fused-ring (bicyclic) bond motifs is 2. The second kappa shape index (κ2) is 6.41. The predicted octanol–water partition coefficient (Wildman–Crippen LogP) is 2.14. The number of aliphatic hydroxyl groups excluding tert-OH is 1. The molecule has 2 aliphatic heterocycles. The third-order valence-electron chi connectivity index (χ3n) is 5.31. The van der Waals surface area contributed by atoms with Gasteiger partial charge in [0.1, 0.15) is 6.73 Å². The first-order chi connectivity index (χ1) is 12.2. The normalized spacial score (nSPS) is 21.7. The highest BCUT2D eigenvalue weighted by atomic mass is 16.3. The number of anilines is 2. The zero-order valence-corrected chi connectivity index (χ0v) is 14.4. The van der Waals surface area contributed by atoms with Crippen LogP contribution in [0.4, 0.5) is 11.4 Å².